The fraction of sp³-hybridized carbons (Fsp3) is 0.750. The molecule has 12 heavy (non-hydrogen) atoms. The molecule has 0 radical (unpaired) electrons. The van der Waals surface area contributed by atoms with Crippen LogP contribution in [0, 0.1) is 5.92 Å². The monoisotopic (exact) mass is 168 g/mol. The van der Waals surface area contributed by atoms with E-state index in [1.54, 1.807) is 0 Å². The molecule has 0 aliphatic carbocycles. The molecule has 2 rings (SSSR count). The summed E-state index contributed by atoms with van der Waals surface area (Å²) >= 11 is 0. The van der Waals surface area contributed by atoms with Crippen molar-refractivity contribution >= 4 is 0 Å². The third-order valence-corrected chi connectivity index (χ3v) is 2.21. The SMILES string of the molecule is c1nnc(CC2CCOCC2)o1. The highest BCUT2D eigenvalue weighted by atomic mass is 16.5. The van der Waals surface area contributed by atoms with Crippen LogP contribution in [0.1, 0.15) is 18.7 Å². The van der Waals surface area contributed by atoms with Crippen molar-refractivity contribution < 1.29 is 9.15 Å². The van der Waals surface area contributed by atoms with E-state index in [4.69, 9.17) is 9.15 Å². The summed E-state index contributed by atoms with van der Waals surface area (Å²) in [6.07, 6.45) is 4.52. The maximum Gasteiger partial charge on any atom is 0.216 e. The first kappa shape index (κ1) is 7.73. The minimum absolute atomic E-state index is 0.666. The Balaban J connectivity index is 1.86. The Kier molecular flexibility index (Phi) is 2.36. The van der Waals surface area contributed by atoms with Crippen LogP contribution < -0.4 is 0 Å². The summed E-state index contributed by atoms with van der Waals surface area (Å²) < 4.78 is 10.3. The Bertz CT molecular complexity index is 217. The molecule has 1 aromatic heterocycles. The van der Waals surface area contributed by atoms with Gasteiger partial charge in [0.1, 0.15) is 0 Å². The van der Waals surface area contributed by atoms with Gasteiger partial charge in [0.2, 0.25) is 12.3 Å². The second-order valence-electron chi connectivity index (χ2n) is 3.09. The van der Waals surface area contributed by atoms with Crippen LogP contribution in [0.25, 0.3) is 0 Å². The van der Waals surface area contributed by atoms with Gasteiger partial charge in [-0.1, -0.05) is 0 Å². The molecule has 2 heterocycles. The Hall–Kier alpha value is -0.900. The standard InChI is InChI=1S/C8H12N2O2/c1-3-11-4-2-7(1)5-8-10-9-6-12-8/h6-7H,1-5H2. The molecular weight excluding hydrogens is 156 g/mol. The van der Waals surface area contributed by atoms with Gasteiger partial charge in [-0.05, 0) is 18.8 Å². The van der Waals surface area contributed by atoms with Crippen LogP contribution in [0.5, 0.6) is 0 Å². The van der Waals surface area contributed by atoms with E-state index < -0.39 is 0 Å². The van der Waals surface area contributed by atoms with Crippen molar-refractivity contribution in [3.05, 3.63) is 12.3 Å². The van der Waals surface area contributed by atoms with Crippen molar-refractivity contribution in [1.29, 1.82) is 0 Å². The van der Waals surface area contributed by atoms with Crippen LogP contribution in [0.4, 0.5) is 0 Å². The van der Waals surface area contributed by atoms with E-state index in [1.165, 1.54) is 6.39 Å². The third-order valence-electron chi connectivity index (χ3n) is 2.21. The predicted molar refractivity (Wildman–Crippen MR) is 41.5 cm³/mol. The Morgan fingerprint density at radius 1 is 1.42 bits per heavy atom. The minimum Gasteiger partial charge on any atom is -0.428 e. The van der Waals surface area contributed by atoms with E-state index in [9.17, 15) is 0 Å². The molecule has 1 fully saturated rings. The van der Waals surface area contributed by atoms with E-state index in [0.717, 1.165) is 38.4 Å². The molecule has 4 nitrogen and oxygen atoms in total. The molecule has 0 bridgehead atoms. The zero-order valence-electron chi connectivity index (χ0n) is 6.90. The number of hydrogen-bond acceptors (Lipinski definition) is 4. The second kappa shape index (κ2) is 3.67. The lowest BCUT2D eigenvalue weighted by atomic mass is 9.97. The molecule has 1 aromatic rings. The average molecular weight is 168 g/mol. The van der Waals surface area contributed by atoms with Crippen molar-refractivity contribution in [3.8, 4) is 0 Å². The maximum atomic E-state index is 5.25. The molecule has 1 aliphatic heterocycles. The van der Waals surface area contributed by atoms with Crippen molar-refractivity contribution in [3.63, 3.8) is 0 Å². The van der Waals surface area contributed by atoms with Crippen LogP contribution in [0.3, 0.4) is 0 Å². The largest absolute Gasteiger partial charge is 0.428 e. The number of rotatable bonds is 2. The quantitative estimate of drug-likeness (QED) is 0.662. The van der Waals surface area contributed by atoms with Crippen molar-refractivity contribution in [2.45, 2.75) is 19.3 Å². The maximum absolute atomic E-state index is 5.25. The lowest BCUT2D eigenvalue weighted by Crippen LogP contribution is -2.17. The lowest BCUT2D eigenvalue weighted by Gasteiger charge is -2.19. The summed E-state index contributed by atoms with van der Waals surface area (Å²) in [5.41, 5.74) is 0. The van der Waals surface area contributed by atoms with Gasteiger partial charge < -0.3 is 9.15 Å². The topological polar surface area (TPSA) is 48.2 Å². The van der Waals surface area contributed by atoms with Crippen LogP contribution in [-0.4, -0.2) is 23.4 Å². The fourth-order valence-electron chi connectivity index (χ4n) is 1.48. The molecule has 66 valence electrons. The second-order valence-corrected chi connectivity index (χ2v) is 3.09. The van der Waals surface area contributed by atoms with Crippen molar-refractivity contribution in [2.75, 3.05) is 13.2 Å². The predicted octanol–water partition coefficient (Wildman–Crippen LogP) is 1.04. The van der Waals surface area contributed by atoms with Gasteiger partial charge in [0, 0.05) is 19.6 Å². The first-order valence-electron chi connectivity index (χ1n) is 4.28. The Morgan fingerprint density at radius 2 is 2.25 bits per heavy atom. The van der Waals surface area contributed by atoms with Crippen LogP contribution in [0.15, 0.2) is 10.8 Å². The summed E-state index contributed by atoms with van der Waals surface area (Å²) in [5, 5.41) is 7.49. The number of aromatic nitrogens is 2. The molecule has 1 aliphatic rings. The summed E-state index contributed by atoms with van der Waals surface area (Å²) in [4.78, 5) is 0. The average Bonchev–Trinajstić information content (AvgIpc) is 2.59. The normalized spacial score (nSPS) is 19.7. The van der Waals surface area contributed by atoms with Gasteiger partial charge >= 0.3 is 0 Å². The first-order chi connectivity index (χ1) is 5.95. The summed E-state index contributed by atoms with van der Waals surface area (Å²) in [5.74, 6) is 1.42. The zero-order chi connectivity index (χ0) is 8.23. The Morgan fingerprint density at radius 3 is 2.92 bits per heavy atom. The van der Waals surface area contributed by atoms with Gasteiger partial charge in [0.25, 0.3) is 0 Å². The number of ether oxygens (including phenoxy) is 1. The summed E-state index contributed by atoms with van der Waals surface area (Å²) in [6.45, 7) is 1.75. The van der Waals surface area contributed by atoms with Crippen molar-refractivity contribution in [2.24, 2.45) is 5.92 Å². The van der Waals surface area contributed by atoms with E-state index in [-0.39, 0.29) is 0 Å². The molecule has 4 heteroatoms. The number of nitrogens with zero attached hydrogens (tertiary/aromatic N) is 2. The highest BCUT2D eigenvalue weighted by molar-refractivity contribution is 4.78. The minimum atomic E-state index is 0.666. The van der Waals surface area contributed by atoms with E-state index in [1.807, 2.05) is 0 Å². The zero-order valence-corrected chi connectivity index (χ0v) is 6.90. The molecule has 0 unspecified atom stereocenters. The van der Waals surface area contributed by atoms with Crippen LogP contribution in [0.2, 0.25) is 0 Å². The van der Waals surface area contributed by atoms with Crippen molar-refractivity contribution in [1.82, 2.24) is 10.2 Å². The molecular formula is C8H12N2O2. The third kappa shape index (κ3) is 1.82. The van der Waals surface area contributed by atoms with Crippen LogP contribution >= 0.6 is 0 Å². The highest BCUT2D eigenvalue weighted by Crippen LogP contribution is 2.18. The smallest absolute Gasteiger partial charge is 0.216 e. The molecule has 0 saturated carbocycles. The van der Waals surface area contributed by atoms with E-state index in [0.29, 0.717) is 5.92 Å². The first-order valence-corrected chi connectivity index (χ1v) is 4.28. The van der Waals surface area contributed by atoms with Gasteiger partial charge in [-0.25, -0.2) is 0 Å². The fourth-order valence-corrected chi connectivity index (χ4v) is 1.48. The lowest BCUT2D eigenvalue weighted by molar-refractivity contribution is 0.0646. The molecule has 0 aromatic carbocycles. The Labute approximate surface area is 70.9 Å². The van der Waals surface area contributed by atoms with E-state index >= 15 is 0 Å². The van der Waals surface area contributed by atoms with Crippen LogP contribution in [-0.2, 0) is 11.2 Å². The number of hydrogen-bond donors (Lipinski definition) is 0. The van der Waals surface area contributed by atoms with Gasteiger partial charge in [-0.3, -0.25) is 0 Å². The molecule has 0 spiro atoms. The van der Waals surface area contributed by atoms with Gasteiger partial charge in [-0.15, -0.1) is 10.2 Å². The molecule has 1 saturated heterocycles. The molecule has 0 atom stereocenters. The van der Waals surface area contributed by atoms with Gasteiger partial charge in [-0.2, -0.15) is 0 Å². The van der Waals surface area contributed by atoms with Gasteiger partial charge in [0.15, 0.2) is 0 Å². The summed E-state index contributed by atoms with van der Waals surface area (Å²) in [7, 11) is 0. The van der Waals surface area contributed by atoms with E-state index in [2.05, 4.69) is 10.2 Å². The summed E-state index contributed by atoms with van der Waals surface area (Å²) in [6, 6.07) is 0. The highest BCUT2D eigenvalue weighted by Gasteiger charge is 2.16. The molecule has 0 N–H and O–H groups in total. The molecule has 0 amide bonds. The van der Waals surface area contributed by atoms with Gasteiger partial charge in [0.05, 0.1) is 0 Å².